The summed E-state index contributed by atoms with van der Waals surface area (Å²) in [5.41, 5.74) is -1.71. The molecule has 0 aliphatic carbocycles. The predicted octanol–water partition coefficient (Wildman–Crippen LogP) is 6.38. The number of pyridine rings is 1. The maximum Gasteiger partial charge on any atom is 0.446 e. The third kappa shape index (κ3) is 5.17. The lowest BCUT2D eigenvalue weighted by Gasteiger charge is -2.08. The van der Waals surface area contributed by atoms with Gasteiger partial charge in [-0.15, -0.1) is 0 Å². The van der Waals surface area contributed by atoms with Gasteiger partial charge in [0, 0.05) is 36.0 Å². The lowest BCUT2D eigenvalue weighted by atomic mass is 10.3. The largest absolute Gasteiger partial charge is 0.457 e. The molecule has 2 heterocycles. The van der Waals surface area contributed by atoms with E-state index in [1.807, 2.05) is 17.7 Å². The van der Waals surface area contributed by atoms with Crippen LogP contribution in [0, 0.1) is 4.91 Å². The first-order chi connectivity index (χ1) is 15.3. The molecule has 0 saturated carbocycles. The topological polar surface area (TPSA) is 81.4 Å². The number of fused-ring (bicyclic) bond motifs is 1. The van der Waals surface area contributed by atoms with E-state index in [-0.39, 0.29) is 23.2 Å². The molecule has 0 atom stereocenters. The molecule has 4 aromatic rings. The molecule has 2 aromatic carbocycles. The van der Waals surface area contributed by atoms with Crippen molar-refractivity contribution in [2.45, 2.75) is 16.9 Å². The molecular formula is C21H16F3N5O2S. The molecule has 164 valence electrons. The smallest absolute Gasteiger partial charge is 0.446 e. The highest BCUT2D eigenvalue weighted by Gasteiger charge is 2.29. The molecule has 4 rings (SSSR count). The number of anilines is 2. The monoisotopic (exact) mass is 459 g/mol. The number of rotatable bonds is 7. The number of nitroso groups, excluding NO2 is 1. The highest BCUT2D eigenvalue weighted by Crippen LogP contribution is 2.37. The van der Waals surface area contributed by atoms with Crippen LogP contribution in [0.5, 0.6) is 11.5 Å². The summed E-state index contributed by atoms with van der Waals surface area (Å²) in [6.07, 6.45) is 1.54. The van der Waals surface area contributed by atoms with Gasteiger partial charge in [0.25, 0.3) is 0 Å². The molecule has 0 unspecified atom stereocenters. The van der Waals surface area contributed by atoms with Crippen LogP contribution in [-0.2, 0) is 13.6 Å². The number of halogens is 3. The third-order valence-corrected chi connectivity index (χ3v) is 5.19. The van der Waals surface area contributed by atoms with E-state index in [4.69, 9.17) is 4.74 Å². The van der Waals surface area contributed by atoms with Crippen LogP contribution in [0.4, 0.5) is 24.8 Å². The van der Waals surface area contributed by atoms with Crippen LogP contribution in [0.1, 0.15) is 5.69 Å². The molecule has 32 heavy (non-hydrogen) atoms. The summed E-state index contributed by atoms with van der Waals surface area (Å²) in [4.78, 5) is 19.1. The van der Waals surface area contributed by atoms with Crippen molar-refractivity contribution in [1.29, 1.82) is 0 Å². The first kappa shape index (κ1) is 21.6. The van der Waals surface area contributed by atoms with Gasteiger partial charge in [-0.2, -0.15) is 18.1 Å². The van der Waals surface area contributed by atoms with E-state index >= 15 is 0 Å². The van der Waals surface area contributed by atoms with Crippen molar-refractivity contribution in [2.24, 2.45) is 12.2 Å². The molecule has 1 N–H and O–H groups in total. The Hall–Kier alpha value is -3.60. The summed E-state index contributed by atoms with van der Waals surface area (Å²) < 4.78 is 45.1. The first-order valence-corrected chi connectivity index (χ1v) is 10.1. The summed E-state index contributed by atoms with van der Waals surface area (Å²) in [7, 11) is 1.83. The van der Waals surface area contributed by atoms with Gasteiger partial charge in [0.1, 0.15) is 18.0 Å². The minimum absolute atomic E-state index is 0.0403. The Morgan fingerprint density at radius 3 is 2.56 bits per heavy atom. The van der Waals surface area contributed by atoms with E-state index in [0.29, 0.717) is 34.3 Å². The fourth-order valence-electron chi connectivity index (χ4n) is 3.03. The van der Waals surface area contributed by atoms with Crippen molar-refractivity contribution in [3.63, 3.8) is 0 Å². The van der Waals surface area contributed by atoms with Crippen LogP contribution in [0.25, 0.3) is 11.0 Å². The number of hydrogen-bond donors (Lipinski definition) is 1. The van der Waals surface area contributed by atoms with E-state index in [9.17, 15) is 18.1 Å². The van der Waals surface area contributed by atoms with Crippen LogP contribution in [-0.4, -0.2) is 20.0 Å². The molecule has 0 bridgehead atoms. The SMILES string of the molecule is Cn1c(Nc2ccc(SC(F)(F)F)cc2)nc2cc(Oc3ccnc(CN=O)c3)ccc21. The number of nitrogens with zero attached hydrogens (tertiary/aromatic N) is 4. The molecule has 0 saturated heterocycles. The van der Waals surface area contributed by atoms with Gasteiger partial charge in [0.2, 0.25) is 5.95 Å². The molecule has 0 amide bonds. The highest BCUT2D eigenvalue weighted by atomic mass is 32.2. The standard InChI is InChI=1S/C21H16F3N5O2S/c1-29-19-7-4-15(31-16-8-9-25-14(10-16)12-26-30)11-18(19)28-20(29)27-13-2-5-17(6-3-13)32-21(22,23)24/h2-11H,12H2,1H3,(H,27,28). The quantitative estimate of drug-likeness (QED) is 0.255. The number of alkyl halides is 3. The second-order valence-corrected chi connectivity index (χ2v) is 7.85. The summed E-state index contributed by atoms with van der Waals surface area (Å²) in [5, 5.41) is 5.94. The van der Waals surface area contributed by atoms with Crippen molar-refractivity contribution in [3.05, 3.63) is 71.4 Å². The third-order valence-electron chi connectivity index (χ3n) is 4.45. The van der Waals surface area contributed by atoms with Crippen molar-refractivity contribution in [3.8, 4) is 11.5 Å². The Labute approximate surface area is 184 Å². The summed E-state index contributed by atoms with van der Waals surface area (Å²) in [6, 6.07) is 14.6. The maximum atomic E-state index is 12.5. The van der Waals surface area contributed by atoms with Gasteiger partial charge >= 0.3 is 5.51 Å². The Morgan fingerprint density at radius 2 is 1.84 bits per heavy atom. The van der Waals surface area contributed by atoms with Crippen molar-refractivity contribution in [2.75, 3.05) is 5.32 Å². The Bertz CT molecular complexity index is 1260. The number of ether oxygens (including phenoxy) is 1. The molecule has 7 nitrogen and oxygen atoms in total. The average molecular weight is 459 g/mol. The molecule has 0 fully saturated rings. The molecule has 0 radical (unpaired) electrons. The van der Waals surface area contributed by atoms with Gasteiger partial charge in [-0.25, -0.2) is 4.98 Å². The lowest BCUT2D eigenvalue weighted by molar-refractivity contribution is -0.0328. The van der Waals surface area contributed by atoms with Crippen LogP contribution in [0.15, 0.2) is 70.9 Å². The molecular weight excluding hydrogens is 443 g/mol. The molecule has 0 spiro atoms. The van der Waals surface area contributed by atoms with Crippen molar-refractivity contribution in [1.82, 2.24) is 14.5 Å². The van der Waals surface area contributed by atoms with Crippen molar-refractivity contribution < 1.29 is 17.9 Å². The zero-order valence-corrected chi connectivity index (χ0v) is 17.4. The normalized spacial score (nSPS) is 11.5. The second kappa shape index (κ2) is 8.87. The van der Waals surface area contributed by atoms with E-state index < -0.39 is 5.51 Å². The number of imidazole rings is 1. The van der Waals surface area contributed by atoms with Crippen molar-refractivity contribution >= 4 is 34.4 Å². The number of aromatic nitrogens is 3. The molecule has 0 aliphatic heterocycles. The van der Waals surface area contributed by atoms with Crippen LogP contribution in [0.3, 0.4) is 0 Å². The number of aryl methyl sites for hydroxylation is 1. The van der Waals surface area contributed by atoms with E-state index in [0.717, 1.165) is 5.52 Å². The van der Waals surface area contributed by atoms with Gasteiger partial charge in [-0.3, -0.25) is 4.98 Å². The van der Waals surface area contributed by atoms with Gasteiger partial charge in [0.15, 0.2) is 0 Å². The molecule has 11 heteroatoms. The minimum Gasteiger partial charge on any atom is -0.457 e. The summed E-state index contributed by atoms with van der Waals surface area (Å²) in [6.45, 7) is -0.0403. The second-order valence-electron chi connectivity index (χ2n) is 6.71. The summed E-state index contributed by atoms with van der Waals surface area (Å²) >= 11 is -0.159. The number of nitrogens with one attached hydrogen (secondary N) is 1. The maximum absolute atomic E-state index is 12.5. The highest BCUT2D eigenvalue weighted by molar-refractivity contribution is 8.00. The predicted molar refractivity (Wildman–Crippen MR) is 116 cm³/mol. The Kier molecular flexibility index (Phi) is 5.99. The zero-order valence-electron chi connectivity index (χ0n) is 16.6. The number of hydrogen-bond acceptors (Lipinski definition) is 7. The molecule has 0 aliphatic rings. The zero-order chi connectivity index (χ0) is 22.7. The number of thioether (sulfide) groups is 1. The lowest BCUT2D eigenvalue weighted by Crippen LogP contribution is -2.00. The number of benzene rings is 2. The van der Waals surface area contributed by atoms with Gasteiger partial charge in [0.05, 0.1) is 16.7 Å². The van der Waals surface area contributed by atoms with Gasteiger partial charge in [-0.05, 0) is 54.2 Å². The van der Waals surface area contributed by atoms with E-state index in [2.05, 4.69) is 20.5 Å². The van der Waals surface area contributed by atoms with Gasteiger partial charge < -0.3 is 14.6 Å². The van der Waals surface area contributed by atoms with E-state index in [1.54, 1.807) is 36.4 Å². The average Bonchev–Trinajstić information content (AvgIpc) is 3.04. The first-order valence-electron chi connectivity index (χ1n) is 9.32. The van der Waals surface area contributed by atoms with E-state index in [1.165, 1.54) is 18.3 Å². The molecule has 2 aromatic heterocycles. The Morgan fingerprint density at radius 1 is 1.09 bits per heavy atom. The van der Waals surface area contributed by atoms with Crippen LogP contribution in [0.2, 0.25) is 0 Å². The Balaban J connectivity index is 1.52. The fourth-order valence-corrected chi connectivity index (χ4v) is 3.57. The summed E-state index contributed by atoms with van der Waals surface area (Å²) in [5.74, 6) is 1.59. The van der Waals surface area contributed by atoms with Crippen LogP contribution >= 0.6 is 11.8 Å². The van der Waals surface area contributed by atoms with Gasteiger partial charge in [-0.1, -0.05) is 5.18 Å². The fraction of sp³-hybridized carbons (Fsp3) is 0.143. The minimum atomic E-state index is -4.32. The van der Waals surface area contributed by atoms with Crippen LogP contribution < -0.4 is 10.1 Å².